The number of aromatic nitrogens is 1. The second-order valence-electron chi connectivity index (χ2n) is 5.25. The van der Waals surface area contributed by atoms with Crippen molar-refractivity contribution in [3.63, 3.8) is 0 Å². The molecule has 5 nitrogen and oxygen atoms in total. The maximum Gasteiger partial charge on any atom is 0.376 e. The van der Waals surface area contributed by atoms with Gasteiger partial charge in [-0.3, -0.25) is 0 Å². The number of benzene rings is 2. The largest absolute Gasteiger partial charge is 0.460 e. The van der Waals surface area contributed by atoms with E-state index >= 15 is 0 Å². The van der Waals surface area contributed by atoms with Crippen molar-refractivity contribution in [1.82, 2.24) is 4.98 Å². The number of rotatable bonds is 4. The van der Waals surface area contributed by atoms with Crippen LogP contribution in [0.4, 0.5) is 15.2 Å². The molecule has 0 aliphatic carbocycles. The highest BCUT2D eigenvalue weighted by atomic mass is 32.1. The molecular weight excluding hydrogens is 343 g/mol. The van der Waals surface area contributed by atoms with Gasteiger partial charge in [-0.25, -0.2) is 14.2 Å². The first-order chi connectivity index (χ1) is 12.2. The smallest absolute Gasteiger partial charge is 0.376 e. The number of hydrogen-bond acceptors (Lipinski definition) is 6. The van der Waals surface area contributed by atoms with E-state index in [1.807, 2.05) is 18.2 Å². The van der Waals surface area contributed by atoms with Crippen LogP contribution in [0.15, 0.2) is 46.9 Å². The molecule has 0 aliphatic rings. The van der Waals surface area contributed by atoms with Gasteiger partial charge < -0.3 is 14.5 Å². The molecule has 0 atom stereocenters. The Morgan fingerprint density at radius 3 is 2.92 bits per heavy atom. The van der Waals surface area contributed by atoms with Crippen molar-refractivity contribution in [3.8, 4) is 0 Å². The first kappa shape index (κ1) is 15.6. The van der Waals surface area contributed by atoms with Crippen LogP contribution in [0.3, 0.4) is 0 Å². The molecule has 0 bridgehead atoms. The molecule has 2 aromatic heterocycles. The van der Waals surface area contributed by atoms with E-state index in [1.54, 1.807) is 25.1 Å². The van der Waals surface area contributed by atoms with E-state index in [2.05, 4.69) is 10.3 Å². The van der Waals surface area contributed by atoms with E-state index in [9.17, 15) is 9.18 Å². The zero-order chi connectivity index (χ0) is 17.4. The van der Waals surface area contributed by atoms with Gasteiger partial charge >= 0.3 is 5.97 Å². The monoisotopic (exact) mass is 356 g/mol. The minimum atomic E-state index is -0.562. The number of esters is 1. The summed E-state index contributed by atoms with van der Waals surface area (Å²) in [6, 6.07) is 12.0. The number of nitrogens with zero attached hydrogens (tertiary/aromatic N) is 1. The van der Waals surface area contributed by atoms with E-state index in [1.165, 1.54) is 17.4 Å². The van der Waals surface area contributed by atoms with Crippen LogP contribution in [-0.4, -0.2) is 17.6 Å². The Morgan fingerprint density at radius 2 is 2.12 bits per heavy atom. The molecule has 2 heterocycles. The predicted octanol–water partition coefficient (Wildman–Crippen LogP) is 5.10. The zero-order valence-electron chi connectivity index (χ0n) is 13.2. The minimum Gasteiger partial charge on any atom is -0.460 e. The standard InChI is InChI=1S/C18H13FN2O3S/c1-2-23-17(22)16-14(10-6-3-4-8-12(10)24-16)20-18-21-15-11(19)7-5-9-13(15)25-18/h3-9H,2H2,1H3,(H,20,21). The Balaban J connectivity index is 1.82. The molecule has 25 heavy (non-hydrogen) atoms. The Morgan fingerprint density at radius 1 is 1.28 bits per heavy atom. The fourth-order valence-corrected chi connectivity index (χ4v) is 3.47. The Hall–Kier alpha value is -2.93. The van der Waals surface area contributed by atoms with Gasteiger partial charge in [0.1, 0.15) is 22.6 Å². The van der Waals surface area contributed by atoms with E-state index in [0.717, 1.165) is 5.39 Å². The number of ether oxygens (including phenoxy) is 1. The van der Waals surface area contributed by atoms with Gasteiger partial charge in [-0.05, 0) is 31.2 Å². The summed E-state index contributed by atoms with van der Waals surface area (Å²) in [4.78, 5) is 16.5. The summed E-state index contributed by atoms with van der Waals surface area (Å²) < 4.78 is 25.3. The van der Waals surface area contributed by atoms with Crippen molar-refractivity contribution in [2.75, 3.05) is 11.9 Å². The van der Waals surface area contributed by atoms with E-state index < -0.39 is 5.97 Å². The van der Waals surface area contributed by atoms with E-state index in [-0.39, 0.29) is 18.2 Å². The van der Waals surface area contributed by atoms with Crippen LogP contribution in [0.5, 0.6) is 0 Å². The first-order valence-corrected chi connectivity index (χ1v) is 8.49. The van der Waals surface area contributed by atoms with Crippen LogP contribution in [0.1, 0.15) is 17.5 Å². The number of nitrogens with one attached hydrogen (secondary N) is 1. The summed E-state index contributed by atoms with van der Waals surface area (Å²) in [5, 5.41) is 4.29. The fourth-order valence-electron chi connectivity index (χ4n) is 2.59. The van der Waals surface area contributed by atoms with E-state index in [4.69, 9.17) is 9.15 Å². The van der Waals surface area contributed by atoms with E-state index in [0.29, 0.717) is 26.6 Å². The second-order valence-corrected chi connectivity index (χ2v) is 6.28. The lowest BCUT2D eigenvalue weighted by molar-refractivity contribution is 0.0494. The van der Waals surface area contributed by atoms with Crippen LogP contribution in [0.2, 0.25) is 0 Å². The van der Waals surface area contributed by atoms with Gasteiger partial charge in [0.05, 0.1) is 11.3 Å². The number of halogens is 1. The number of para-hydroxylation sites is 2. The molecule has 0 spiro atoms. The van der Waals surface area contributed by atoms with Crippen LogP contribution in [0.25, 0.3) is 21.2 Å². The maximum absolute atomic E-state index is 13.9. The third kappa shape index (κ3) is 2.72. The Labute approximate surface area is 146 Å². The molecule has 2 aromatic carbocycles. The summed E-state index contributed by atoms with van der Waals surface area (Å²) in [7, 11) is 0. The highest BCUT2D eigenvalue weighted by Crippen LogP contribution is 2.36. The minimum absolute atomic E-state index is 0.0720. The molecule has 0 saturated heterocycles. The maximum atomic E-state index is 13.9. The van der Waals surface area contributed by atoms with Gasteiger partial charge in [-0.2, -0.15) is 0 Å². The number of furan rings is 1. The fraction of sp³-hybridized carbons (Fsp3) is 0.111. The molecule has 4 aromatic rings. The van der Waals surface area contributed by atoms with Crippen molar-refractivity contribution >= 4 is 49.3 Å². The first-order valence-electron chi connectivity index (χ1n) is 7.68. The molecule has 0 amide bonds. The van der Waals surface area contributed by atoms with Gasteiger partial charge in [0.2, 0.25) is 5.76 Å². The zero-order valence-corrected chi connectivity index (χ0v) is 14.0. The van der Waals surface area contributed by atoms with Gasteiger partial charge in [-0.15, -0.1) is 0 Å². The quantitative estimate of drug-likeness (QED) is 0.515. The molecule has 0 fully saturated rings. The third-order valence-electron chi connectivity index (χ3n) is 3.66. The summed E-state index contributed by atoms with van der Waals surface area (Å²) in [5.41, 5.74) is 1.31. The summed E-state index contributed by atoms with van der Waals surface area (Å²) >= 11 is 1.30. The normalized spacial score (nSPS) is 11.1. The van der Waals surface area contributed by atoms with Crippen molar-refractivity contribution < 1.29 is 18.3 Å². The highest BCUT2D eigenvalue weighted by molar-refractivity contribution is 7.22. The van der Waals surface area contributed by atoms with Crippen molar-refractivity contribution in [2.45, 2.75) is 6.92 Å². The lowest BCUT2D eigenvalue weighted by Gasteiger charge is -2.03. The van der Waals surface area contributed by atoms with Crippen molar-refractivity contribution in [2.24, 2.45) is 0 Å². The molecule has 0 aliphatic heterocycles. The predicted molar refractivity (Wildman–Crippen MR) is 95.0 cm³/mol. The number of thiazole rings is 1. The molecule has 4 rings (SSSR count). The average molecular weight is 356 g/mol. The van der Waals surface area contributed by atoms with Crippen molar-refractivity contribution in [1.29, 1.82) is 0 Å². The third-order valence-corrected chi connectivity index (χ3v) is 4.59. The number of fused-ring (bicyclic) bond motifs is 2. The molecule has 0 unspecified atom stereocenters. The number of anilines is 2. The molecular formula is C18H13FN2O3S. The summed E-state index contributed by atoms with van der Waals surface area (Å²) in [6.07, 6.45) is 0. The van der Waals surface area contributed by atoms with Gasteiger partial charge in [0.25, 0.3) is 0 Å². The SMILES string of the molecule is CCOC(=O)c1oc2ccccc2c1Nc1nc2c(F)cccc2s1. The molecule has 0 saturated carbocycles. The number of carbonyl (C=O) groups excluding carboxylic acids is 1. The topological polar surface area (TPSA) is 64.4 Å². The second kappa shape index (κ2) is 6.18. The van der Waals surface area contributed by atoms with Crippen LogP contribution in [-0.2, 0) is 4.74 Å². The number of hydrogen-bond donors (Lipinski definition) is 1. The van der Waals surface area contributed by atoms with Crippen molar-refractivity contribution in [3.05, 3.63) is 54.0 Å². The van der Waals surface area contributed by atoms with Gasteiger partial charge in [0, 0.05) is 5.39 Å². The summed E-state index contributed by atoms with van der Waals surface area (Å²) in [6.45, 7) is 1.96. The Bertz CT molecular complexity index is 1090. The van der Waals surface area contributed by atoms with Gasteiger partial charge in [0.15, 0.2) is 5.13 Å². The highest BCUT2D eigenvalue weighted by Gasteiger charge is 2.23. The van der Waals surface area contributed by atoms with Crippen LogP contribution >= 0.6 is 11.3 Å². The average Bonchev–Trinajstić information content (AvgIpc) is 3.18. The Kier molecular flexibility index (Phi) is 3.85. The lowest BCUT2D eigenvalue weighted by atomic mass is 10.2. The molecule has 0 radical (unpaired) electrons. The molecule has 1 N–H and O–H groups in total. The number of carbonyl (C=O) groups is 1. The molecule has 126 valence electrons. The van der Waals surface area contributed by atoms with Gasteiger partial charge in [-0.1, -0.05) is 29.5 Å². The summed E-state index contributed by atoms with van der Waals surface area (Å²) in [5.74, 6) is -0.874. The molecule has 7 heteroatoms. The van der Waals surface area contributed by atoms with Crippen LogP contribution in [0, 0.1) is 5.82 Å². The lowest BCUT2D eigenvalue weighted by Crippen LogP contribution is -2.06. The van der Waals surface area contributed by atoms with Crippen LogP contribution < -0.4 is 5.32 Å².